The fourth-order valence-electron chi connectivity index (χ4n) is 5.21. The first-order valence-electron chi connectivity index (χ1n) is 19.4. The Kier molecular flexibility index (Phi) is 32.7. The van der Waals surface area contributed by atoms with Crippen LogP contribution >= 0.6 is 7.82 Å². The van der Waals surface area contributed by atoms with E-state index in [0.29, 0.717) is 25.7 Å². The van der Waals surface area contributed by atoms with Crippen LogP contribution in [0.25, 0.3) is 0 Å². The van der Waals surface area contributed by atoms with Crippen LogP contribution < -0.4 is 0 Å². The van der Waals surface area contributed by atoms with Gasteiger partial charge in [-0.3, -0.25) is 14.1 Å². The number of carbonyl (C=O) groups excluding carboxylic acids is 2. The Bertz CT molecular complexity index is 983. The van der Waals surface area contributed by atoms with Crippen LogP contribution in [0.5, 0.6) is 0 Å². The standard InChI is InChI=1S/C40H71O9P/c1-4-29-37(41)31-26-22-18-14-10-6-5-7-11-15-19-23-27-32-39(42)47-34-38(35-48-50(44,45)46)49-40(43)33-28-24-20-16-12-8-9-13-17-21-25-30-36(2)3/h5,7,10,14-15,19,22,26,36-38,41H,4,6,8-9,11-13,16-18,20-21,23-25,27-35H2,1-3H3,(H2,44,45,46)/b7-5-,14-10-,19-15-,26-22-/t37?,38-/m1/s1. The summed E-state index contributed by atoms with van der Waals surface area (Å²) in [5, 5.41) is 9.69. The summed E-state index contributed by atoms with van der Waals surface area (Å²) in [4.78, 5) is 42.7. The Morgan fingerprint density at radius 1 is 0.640 bits per heavy atom. The van der Waals surface area contributed by atoms with Crippen molar-refractivity contribution < 1.29 is 43.0 Å². The minimum Gasteiger partial charge on any atom is -0.462 e. The number of ether oxygens (including phenoxy) is 2. The number of esters is 2. The Morgan fingerprint density at radius 3 is 1.68 bits per heavy atom. The molecule has 0 aromatic carbocycles. The van der Waals surface area contributed by atoms with Crippen molar-refractivity contribution in [3.63, 3.8) is 0 Å². The van der Waals surface area contributed by atoms with E-state index in [1.807, 2.05) is 18.2 Å². The number of phosphoric acid groups is 1. The minimum absolute atomic E-state index is 0.176. The van der Waals surface area contributed by atoms with Gasteiger partial charge in [0.1, 0.15) is 6.61 Å². The van der Waals surface area contributed by atoms with E-state index in [2.05, 4.69) is 55.7 Å². The molecule has 50 heavy (non-hydrogen) atoms. The molecule has 0 fully saturated rings. The van der Waals surface area contributed by atoms with Crippen LogP contribution in [0.2, 0.25) is 0 Å². The molecule has 290 valence electrons. The molecule has 0 radical (unpaired) electrons. The first-order chi connectivity index (χ1) is 24.0. The first kappa shape index (κ1) is 48.0. The SMILES string of the molecule is CCCC(O)C/C=C\C/C=C\C/C=C\C/C=C\CCCC(=O)OC[C@H](COP(=O)(O)O)OC(=O)CCCCCCCCCCCCCC(C)C. The van der Waals surface area contributed by atoms with Crippen molar-refractivity contribution in [1.29, 1.82) is 0 Å². The molecule has 10 heteroatoms. The van der Waals surface area contributed by atoms with Gasteiger partial charge < -0.3 is 24.4 Å². The lowest BCUT2D eigenvalue weighted by Crippen LogP contribution is -2.29. The molecule has 0 amide bonds. The number of hydrogen-bond acceptors (Lipinski definition) is 7. The van der Waals surface area contributed by atoms with Gasteiger partial charge in [-0.05, 0) is 57.3 Å². The lowest BCUT2D eigenvalue weighted by atomic mass is 10.0. The molecule has 0 aromatic rings. The van der Waals surface area contributed by atoms with Crippen molar-refractivity contribution >= 4 is 19.8 Å². The second-order valence-corrected chi connectivity index (χ2v) is 14.8. The molecule has 1 unspecified atom stereocenters. The second kappa shape index (κ2) is 34.1. The molecule has 0 aromatic heterocycles. The largest absolute Gasteiger partial charge is 0.469 e. The number of rotatable bonds is 34. The summed E-state index contributed by atoms with van der Waals surface area (Å²) in [6.45, 7) is 5.74. The molecular formula is C40H71O9P. The molecule has 0 aliphatic heterocycles. The van der Waals surface area contributed by atoms with E-state index in [-0.39, 0.29) is 25.6 Å². The molecule has 0 saturated heterocycles. The van der Waals surface area contributed by atoms with Gasteiger partial charge in [0.25, 0.3) is 0 Å². The highest BCUT2D eigenvalue weighted by molar-refractivity contribution is 7.46. The number of hydrogen-bond donors (Lipinski definition) is 3. The van der Waals surface area contributed by atoms with Crippen LogP contribution in [0, 0.1) is 5.92 Å². The third kappa shape index (κ3) is 37.2. The molecule has 0 spiro atoms. The van der Waals surface area contributed by atoms with Crippen molar-refractivity contribution in [2.45, 2.75) is 174 Å². The maximum atomic E-state index is 12.4. The predicted octanol–water partition coefficient (Wildman–Crippen LogP) is 10.4. The van der Waals surface area contributed by atoms with Crippen LogP contribution in [-0.4, -0.2) is 52.3 Å². The van der Waals surface area contributed by atoms with Crippen LogP contribution in [0.3, 0.4) is 0 Å². The molecule has 0 saturated carbocycles. The molecule has 0 rings (SSSR count). The fourth-order valence-corrected chi connectivity index (χ4v) is 5.57. The monoisotopic (exact) mass is 726 g/mol. The number of aliphatic hydroxyl groups excluding tert-OH is 1. The summed E-state index contributed by atoms with van der Waals surface area (Å²) in [7, 11) is -4.77. The molecule has 0 bridgehead atoms. The predicted molar refractivity (Wildman–Crippen MR) is 203 cm³/mol. The Balaban J connectivity index is 4.08. The summed E-state index contributed by atoms with van der Waals surface area (Å²) in [6, 6.07) is 0. The summed E-state index contributed by atoms with van der Waals surface area (Å²) < 4.78 is 26.3. The van der Waals surface area contributed by atoms with Crippen LogP contribution in [0.4, 0.5) is 0 Å². The number of phosphoric ester groups is 1. The van der Waals surface area contributed by atoms with Crippen molar-refractivity contribution in [2.24, 2.45) is 5.92 Å². The quantitative estimate of drug-likeness (QED) is 0.0256. The van der Waals surface area contributed by atoms with Crippen molar-refractivity contribution in [3.8, 4) is 0 Å². The maximum Gasteiger partial charge on any atom is 0.469 e. The Labute approximate surface area is 304 Å². The molecule has 9 nitrogen and oxygen atoms in total. The van der Waals surface area contributed by atoms with Crippen LogP contribution in [-0.2, 0) is 28.2 Å². The van der Waals surface area contributed by atoms with Gasteiger partial charge in [0.15, 0.2) is 6.10 Å². The topological polar surface area (TPSA) is 140 Å². The smallest absolute Gasteiger partial charge is 0.462 e. The van der Waals surface area contributed by atoms with Crippen molar-refractivity contribution in [1.82, 2.24) is 0 Å². The van der Waals surface area contributed by atoms with Gasteiger partial charge in [-0.25, -0.2) is 4.57 Å². The van der Waals surface area contributed by atoms with E-state index in [1.165, 1.54) is 51.4 Å². The van der Waals surface area contributed by atoms with Crippen molar-refractivity contribution in [2.75, 3.05) is 13.2 Å². The summed E-state index contributed by atoms with van der Waals surface area (Å²) >= 11 is 0. The fraction of sp³-hybridized carbons (Fsp3) is 0.750. The van der Waals surface area contributed by atoms with E-state index < -0.39 is 32.5 Å². The zero-order chi connectivity index (χ0) is 37.1. The van der Waals surface area contributed by atoms with Crippen molar-refractivity contribution in [3.05, 3.63) is 48.6 Å². The van der Waals surface area contributed by atoms with E-state index in [0.717, 1.165) is 57.3 Å². The number of aliphatic hydroxyl groups is 1. The number of unbranched alkanes of at least 4 members (excludes halogenated alkanes) is 11. The zero-order valence-electron chi connectivity index (χ0n) is 31.6. The highest BCUT2D eigenvalue weighted by atomic mass is 31.2. The highest BCUT2D eigenvalue weighted by Gasteiger charge is 2.22. The summed E-state index contributed by atoms with van der Waals surface area (Å²) in [5.74, 6) is -0.172. The lowest BCUT2D eigenvalue weighted by molar-refractivity contribution is -0.161. The average molecular weight is 727 g/mol. The molecular weight excluding hydrogens is 655 g/mol. The summed E-state index contributed by atoms with van der Waals surface area (Å²) in [5.41, 5.74) is 0. The lowest BCUT2D eigenvalue weighted by Gasteiger charge is -2.18. The summed E-state index contributed by atoms with van der Waals surface area (Å²) in [6.07, 6.45) is 36.2. The molecule has 2 atom stereocenters. The third-order valence-corrected chi connectivity index (χ3v) is 8.57. The van der Waals surface area contributed by atoms with Gasteiger partial charge in [-0.15, -0.1) is 0 Å². The molecule has 0 aliphatic rings. The normalized spacial score (nSPS) is 13.7. The van der Waals surface area contributed by atoms with E-state index in [1.54, 1.807) is 0 Å². The van der Waals surface area contributed by atoms with Crippen LogP contribution in [0.15, 0.2) is 48.6 Å². The van der Waals surface area contributed by atoms with E-state index in [9.17, 15) is 19.3 Å². The number of carbonyl (C=O) groups is 2. The Morgan fingerprint density at radius 2 is 1.14 bits per heavy atom. The van der Waals surface area contributed by atoms with Crippen LogP contribution in [0.1, 0.15) is 162 Å². The van der Waals surface area contributed by atoms with Gasteiger partial charge in [0.05, 0.1) is 12.7 Å². The van der Waals surface area contributed by atoms with E-state index in [4.69, 9.17) is 19.3 Å². The molecule has 0 heterocycles. The molecule has 3 N–H and O–H groups in total. The zero-order valence-corrected chi connectivity index (χ0v) is 32.5. The van der Waals surface area contributed by atoms with Gasteiger partial charge in [-0.1, -0.05) is 146 Å². The maximum absolute atomic E-state index is 12.4. The Hall–Kier alpha value is -2.03. The number of allylic oxidation sites excluding steroid dienone is 7. The van der Waals surface area contributed by atoms with Gasteiger partial charge in [-0.2, -0.15) is 0 Å². The van der Waals surface area contributed by atoms with Gasteiger partial charge in [0, 0.05) is 12.8 Å². The van der Waals surface area contributed by atoms with E-state index >= 15 is 0 Å². The van der Waals surface area contributed by atoms with Gasteiger partial charge in [0.2, 0.25) is 0 Å². The van der Waals surface area contributed by atoms with Gasteiger partial charge >= 0.3 is 19.8 Å². The molecule has 0 aliphatic carbocycles. The third-order valence-electron chi connectivity index (χ3n) is 8.08. The second-order valence-electron chi connectivity index (χ2n) is 13.6. The average Bonchev–Trinajstić information content (AvgIpc) is 3.05. The minimum atomic E-state index is -4.77. The first-order valence-corrected chi connectivity index (χ1v) is 20.9. The highest BCUT2D eigenvalue weighted by Crippen LogP contribution is 2.36.